The van der Waals surface area contributed by atoms with Crippen molar-refractivity contribution in [3.8, 4) is 0 Å². The normalized spacial score (nSPS) is 19.5. The van der Waals surface area contributed by atoms with Gasteiger partial charge in [-0.1, -0.05) is 18.2 Å². The van der Waals surface area contributed by atoms with Crippen LogP contribution in [0.2, 0.25) is 0 Å². The molecule has 4 nitrogen and oxygen atoms in total. The highest BCUT2D eigenvalue weighted by atomic mass is 32.2. The van der Waals surface area contributed by atoms with Gasteiger partial charge in [-0.3, -0.25) is 0 Å². The third-order valence-corrected chi connectivity index (χ3v) is 6.42. The van der Waals surface area contributed by atoms with E-state index in [1.165, 1.54) is 22.5 Å². The number of rotatable bonds is 4. The topological polar surface area (TPSA) is 41.8 Å². The third kappa shape index (κ3) is 4.23. The quantitative estimate of drug-likeness (QED) is 0.889. The molecule has 2 aromatic carbocycles. The third-order valence-electron chi connectivity index (χ3n) is 4.50. The van der Waals surface area contributed by atoms with E-state index in [-0.39, 0.29) is 10.7 Å². The number of quaternary nitrogens is 1. The average molecular weight is 367 g/mol. The lowest BCUT2D eigenvalue weighted by Gasteiger charge is -2.20. The van der Waals surface area contributed by atoms with Crippen LogP contribution in [0.5, 0.6) is 0 Å². The second-order valence-corrected chi connectivity index (χ2v) is 8.17. The van der Waals surface area contributed by atoms with Crippen molar-refractivity contribution in [1.29, 1.82) is 0 Å². The van der Waals surface area contributed by atoms with Gasteiger partial charge in [0, 0.05) is 18.5 Å². The molecule has 25 heavy (non-hydrogen) atoms. The summed E-state index contributed by atoms with van der Waals surface area (Å²) in [6.45, 7) is 2.71. The number of nitrogens with zero attached hydrogens (tertiary/aromatic N) is 1. The van der Waals surface area contributed by atoms with Crippen LogP contribution in [0, 0.1) is 11.6 Å². The van der Waals surface area contributed by atoms with Crippen LogP contribution in [0.25, 0.3) is 0 Å². The zero-order valence-electron chi connectivity index (χ0n) is 13.8. The van der Waals surface area contributed by atoms with Gasteiger partial charge in [0.15, 0.2) is 0 Å². The molecule has 0 amide bonds. The number of benzene rings is 2. The van der Waals surface area contributed by atoms with Gasteiger partial charge < -0.3 is 4.90 Å². The lowest BCUT2D eigenvalue weighted by Crippen LogP contribution is -3.11. The van der Waals surface area contributed by atoms with E-state index < -0.39 is 15.8 Å². The molecular weight excluding hydrogens is 346 g/mol. The molecule has 1 aliphatic rings. The van der Waals surface area contributed by atoms with E-state index in [1.54, 1.807) is 18.2 Å². The minimum absolute atomic E-state index is 0.103. The van der Waals surface area contributed by atoms with Gasteiger partial charge >= 0.3 is 0 Å². The molecule has 0 bridgehead atoms. The first-order valence-electron chi connectivity index (χ1n) is 8.29. The van der Waals surface area contributed by atoms with Crippen molar-refractivity contribution in [2.45, 2.75) is 17.9 Å². The summed E-state index contributed by atoms with van der Waals surface area (Å²) in [6.07, 6.45) is 0.699. The number of hydrogen-bond acceptors (Lipinski definition) is 2. The maximum atomic E-state index is 13.8. The molecular formula is C18H21F2N2O2S+. The SMILES string of the molecule is O=S(=O)(c1ccc(F)cc1)N1CCC[NH+](Cc2ccccc2F)CC1. The molecule has 2 aromatic rings. The van der Waals surface area contributed by atoms with Gasteiger partial charge in [-0.15, -0.1) is 0 Å². The Morgan fingerprint density at radius 3 is 2.40 bits per heavy atom. The Hall–Kier alpha value is -1.83. The number of halogens is 2. The number of sulfonamides is 1. The fraction of sp³-hybridized carbons (Fsp3) is 0.333. The van der Waals surface area contributed by atoms with Gasteiger partial charge in [0.05, 0.1) is 24.5 Å². The Morgan fingerprint density at radius 2 is 1.68 bits per heavy atom. The van der Waals surface area contributed by atoms with E-state index in [2.05, 4.69) is 0 Å². The first-order valence-corrected chi connectivity index (χ1v) is 9.73. The molecule has 134 valence electrons. The molecule has 1 aliphatic heterocycles. The van der Waals surface area contributed by atoms with Crippen molar-refractivity contribution in [3.63, 3.8) is 0 Å². The summed E-state index contributed by atoms with van der Waals surface area (Å²) in [4.78, 5) is 1.26. The molecule has 1 saturated heterocycles. The maximum absolute atomic E-state index is 13.8. The van der Waals surface area contributed by atoms with Crippen LogP contribution in [0.15, 0.2) is 53.4 Å². The van der Waals surface area contributed by atoms with Crippen LogP contribution in [0.1, 0.15) is 12.0 Å². The highest BCUT2D eigenvalue weighted by molar-refractivity contribution is 7.89. The molecule has 1 heterocycles. The maximum Gasteiger partial charge on any atom is 0.243 e. The summed E-state index contributed by atoms with van der Waals surface area (Å²) in [5.41, 5.74) is 0.646. The van der Waals surface area contributed by atoms with Crippen molar-refractivity contribution in [1.82, 2.24) is 4.31 Å². The first kappa shape index (κ1) is 18.0. The monoisotopic (exact) mass is 367 g/mol. The van der Waals surface area contributed by atoms with E-state index in [0.29, 0.717) is 38.2 Å². The molecule has 1 atom stereocenters. The molecule has 1 fully saturated rings. The molecule has 0 saturated carbocycles. The molecule has 7 heteroatoms. The Morgan fingerprint density at radius 1 is 0.960 bits per heavy atom. The average Bonchev–Trinajstić information content (AvgIpc) is 2.83. The minimum atomic E-state index is -3.63. The van der Waals surface area contributed by atoms with Crippen LogP contribution in [0.3, 0.4) is 0 Å². The molecule has 0 spiro atoms. The molecule has 0 aromatic heterocycles. The lowest BCUT2D eigenvalue weighted by atomic mass is 10.2. The van der Waals surface area contributed by atoms with Gasteiger partial charge in [0.2, 0.25) is 10.0 Å². The minimum Gasteiger partial charge on any atom is -0.330 e. The zero-order chi connectivity index (χ0) is 17.9. The van der Waals surface area contributed by atoms with E-state index in [9.17, 15) is 17.2 Å². The van der Waals surface area contributed by atoms with E-state index >= 15 is 0 Å². The van der Waals surface area contributed by atoms with Gasteiger partial charge in [0.25, 0.3) is 0 Å². The highest BCUT2D eigenvalue weighted by Gasteiger charge is 2.28. The molecule has 1 unspecified atom stereocenters. The number of hydrogen-bond donors (Lipinski definition) is 1. The predicted octanol–water partition coefficient (Wildman–Crippen LogP) is 1.44. The Balaban J connectivity index is 1.69. The second-order valence-electron chi connectivity index (χ2n) is 6.23. The Bertz CT molecular complexity index is 825. The Kier molecular flexibility index (Phi) is 5.46. The smallest absolute Gasteiger partial charge is 0.243 e. The van der Waals surface area contributed by atoms with Gasteiger partial charge in [-0.05, 0) is 30.3 Å². The summed E-state index contributed by atoms with van der Waals surface area (Å²) in [5, 5.41) is 0. The van der Waals surface area contributed by atoms with E-state index in [0.717, 1.165) is 23.6 Å². The zero-order valence-corrected chi connectivity index (χ0v) is 14.6. The van der Waals surface area contributed by atoms with Gasteiger partial charge in [-0.2, -0.15) is 4.31 Å². The van der Waals surface area contributed by atoms with Gasteiger partial charge in [0.1, 0.15) is 18.2 Å². The van der Waals surface area contributed by atoms with Crippen LogP contribution in [0.4, 0.5) is 8.78 Å². The molecule has 0 radical (unpaired) electrons. The fourth-order valence-electron chi connectivity index (χ4n) is 3.11. The van der Waals surface area contributed by atoms with Crippen molar-refractivity contribution < 1.29 is 22.1 Å². The second kappa shape index (κ2) is 7.59. The molecule has 0 aliphatic carbocycles. The molecule has 3 rings (SSSR count). The van der Waals surface area contributed by atoms with E-state index in [1.807, 2.05) is 0 Å². The molecule has 1 N–H and O–H groups in total. The van der Waals surface area contributed by atoms with Crippen molar-refractivity contribution in [2.75, 3.05) is 26.2 Å². The fourth-order valence-corrected chi connectivity index (χ4v) is 4.59. The summed E-state index contributed by atoms with van der Waals surface area (Å²) in [7, 11) is -3.63. The van der Waals surface area contributed by atoms with Crippen LogP contribution in [-0.4, -0.2) is 38.9 Å². The lowest BCUT2D eigenvalue weighted by molar-refractivity contribution is -0.911. The van der Waals surface area contributed by atoms with Crippen molar-refractivity contribution in [2.24, 2.45) is 0 Å². The summed E-state index contributed by atoms with van der Waals surface area (Å²) < 4.78 is 53.7. The predicted molar refractivity (Wildman–Crippen MR) is 90.6 cm³/mol. The largest absolute Gasteiger partial charge is 0.330 e. The van der Waals surface area contributed by atoms with Crippen LogP contribution < -0.4 is 4.90 Å². The van der Waals surface area contributed by atoms with Gasteiger partial charge in [-0.25, -0.2) is 17.2 Å². The summed E-state index contributed by atoms with van der Waals surface area (Å²) >= 11 is 0. The standard InChI is InChI=1S/C18H20F2N2O2S/c19-16-6-8-17(9-7-16)25(23,24)22-11-3-10-21(12-13-22)14-15-4-1-2-5-18(15)20/h1-2,4-9H,3,10-14H2/p+1. The summed E-state index contributed by atoms with van der Waals surface area (Å²) in [5.74, 6) is -0.689. The van der Waals surface area contributed by atoms with Crippen molar-refractivity contribution in [3.05, 3.63) is 65.7 Å². The van der Waals surface area contributed by atoms with Crippen LogP contribution in [-0.2, 0) is 16.6 Å². The highest BCUT2D eigenvalue weighted by Crippen LogP contribution is 2.16. The number of nitrogens with one attached hydrogen (secondary N) is 1. The van der Waals surface area contributed by atoms with E-state index in [4.69, 9.17) is 0 Å². The first-order chi connectivity index (χ1) is 12.0. The van der Waals surface area contributed by atoms with Crippen LogP contribution >= 0.6 is 0 Å². The van der Waals surface area contributed by atoms with Crippen molar-refractivity contribution >= 4 is 10.0 Å². The Labute approximate surface area is 146 Å². The summed E-state index contributed by atoms with van der Waals surface area (Å²) in [6, 6.07) is 11.6.